The number of aliphatic carboxylic acids is 1. The maximum absolute atomic E-state index is 11.1. The largest absolute Gasteiger partial charge is 0.480 e. The summed E-state index contributed by atoms with van der Waals surface area (Å²) in [7, 11) is 0. The summed E-state index contributed by atoms with van der Waals surface area (Å²) in [4.78, 5) is 11.1. The standard InChI is InChI=1S/C16H18BrNO3/c1-10(2)15(16(19)20)18-9-13-7-8-14(21-13)11-3-5-12(17)6-4-11/h3-8,10,15,18H,9H2,1-2H3,(H,19,20). The van der Waals surface area contributed by atoms with Gasteiger partial charge >= 0.3 is 5.97 Å². The normalized spacial score (nSPS) is 12.6. The SMILES string of the molecule is CC(C)C(NCc1ccc(-c2ccc(Br)cc2)o1)C(=O)O. The number of furan rings is 1. The molecule has 1 aromatic carbocycles. The summed E-state index contributed by atoms with van der Waals surface area (Å²) in [5.41, 5.74) is 0.989. The molecule has 0 spiro atoms. The molecule has 4 nitrogen and oxygen atoms in total. The van der Waals surface area contributed by atoms with Crippen LogP contribution in [-0.2, 0) is 11.3 Å². The van der Waals surface area contributed by atoms with E-state index in [1.54, 1.807) is 0 Å². The lowest BCUT2D eigenvalue weighted by Crippen LogP contribution is -2.40. The van der Waals surface area contributed by atoms with E-state index in [9.17, 15) is 4.79 Å². The summed E-state index contributed by atoms with van der Waals surface area (Å²) in [5.74, 6) is 0.670. The van der Waals surface area contributed by atoms with Crippen molar-refractivity contribution in [1.29, 1.82) is 0 Å². The Morgan fingerprint density at radius 2 is 1.90 bits per heavy atom. The van der Waals surface area contributed by atoms with Gasteiger partial charge in [0.05, 0.1) is 6.54 Å². The van der Waals surface area contributed by atoms with Crippen molar-refractivity contribution < 1.29 is 14.3 Å². The van der Waals surface area contributed by atoms with Gasteiger partial charge in [0.2, 0.25) is 0 Å². The molecule has 112 valence electrons. The van der Waals surface area contributed by atoms with Crippen molar-refractivity contribution in [2.45, 2.75) is 26.4 Å². The van der Waals surface area contributed by atoms with Crippen LogP contribution >= 0.6 is 15.9 Å². The second-order valence-corrected chi connectivity index (χ2v) is 6.13. The molecule has 1 aromatic heterocycles. The van der Waals surface area contributed by atoms with Crippen LogP contribution < -0.4 is 5.32 Å². The molecule has 1 atom stereocenters. The smallest absolute Gasteiger partial charge is 0.320 e. The Bertz CT molecular complexity index is 604. The Morgan fingerprint density at radius 3 is 2.48 bits per heavy atom. The fourth-order valence-corrected chi connectivity index (χ4v) is 2.33. The number of hydrogen-bond acceptors (Lipinski definition) is 3. The van der Waals surface area contributed by atoms with Crippen molar-refractivity contribution in [3.05, 3.63) is 46.6 Å². The lowest BCUT2D eigenvalue weighted by Gasteiger charge is -2.16. The van der Waals surface area contributed by atoms with Gasteiger partial charge in [-0.2, -0.15) is 0 Å². The fourth-order valence-electron chi connectivity index (χ4n) is 2.06. The van der Waals surface area contributed by atoms with Crippen LogP contribution in [0.5, 0.6) is 0 Å². The van der Waals surface area contributed by atoms with Gasteiger partial charge in [0.25, 0.3) is 0 Å². The van der Waals surface area contributed by atoms with Crippen molar-refractivity contribution in [2.75, 3.05) is 0 Å². The molecule has 0 saturated carbocycles. The number of carboxylic acids is 1. The van der Waals surface area contributed by atoms with E-state index < -0.39 is 12.0 Å². The van der Waals surface area contributed by atoms with Crippen molar-refractivity contribution in [3.63, 3.8) is 0 Å². The zero-order valence-corrected chi connectivity index (χ0v) is 13.6. The molecule has 2 N–H and O–H groups in total. The maximum atomic E-state index is 11.1. The Labute approximate surface area is 132 Å². The summed E-state index contributed by atoms with van der Waals surface area (Å²) in [6.45, 7) is 4.15. The fraction of sp³-hybridized carbons (Fsp3) is 0.312. The number of carbonyl (C=O) groups is 1. The van der Waals surface area contributed by atoms with Gasteiger partial charge in [-0.1, -0.05) is 41.9 Å². The molecule has 5 heteroatoms. The van der Waals surface area contributed by atoms with Crippen molar-refractivity contribution >= 4 is 21.9 Å². The molecule has 0 aliphatic carbocycles. The highest BCUT2D eigenvalue weighted by Crippen LogP contribution is 2.24. The van der Waals surface area contributed by atoms with Crippen LogP contribution in [0.2, 0.25) is 0 Å². The zero-order valence-electron chi connectivity index (χ0n) is 12.0. The van der Waals surface area contributed by atoms with E-state index >= 15 is 0 Å². The van der Waals surface area contributed by atoms with Crippen LogP contribution in [0.15, 0.2) is 45.3 Å². The average molecular weight is 352 g/mol. The first-order chi connectivity index (χ1) is 9.97. The topological polar surface area (TPSA) is 62.5 Å². The van der Waals surface area contributed by atoms with E-state index in [1.807, 2.05) is 50.2 Å². The Hall–Kier alpha value is -1.59. The number of rotatable bonds is 6. The summed E-state index contributed by atoms with van der Waals surface area (Å²) in [5, 5.41) is 12.1. The van der Waals surface area contributed by atoms with E-state index in [1.165, 1.54) is 0 Å². The Balaban J connectivity index is 2.03. The Morgan fingerprint density at radius 1 is 1.24 bits per heavy atom. The quantitative estimate of drug-likeness (QED) is 0.828. The number of halogens is 1. The minimum Gasteiger partial charge on any atom is -0.480 e. The molecule has 0 aliphatic heterocycles. The van der Waals surface area contributed by atoms with Crippen molar-refractivity contribution in [2.24, 2.45) is 5.92 Å². The second-order valence-electron chi connectivity index (χ2n) is 5.21. The molecule has 0 aliphatic rings. The number of carboxylic acid groups (broad SMARTS) is 1. The predicted octanol–water partition coefficient (Wildman–Crippen LogP) is 3.91. The monoisotopic (exact) mass is 351 g/mol. The van der Waals surface area contributed by atoms with Gasteiger partial charge in [-0.15, -0.1) is 0 Å². The molecule has 2 aromatic rings. The van der Waals surface area contributed by atoms with Crippen LogP contribution in [-0.4, -0.2) is 17.1 Å². The molecular weight excluding hydrogens is 334 g/mol. The number of nitrogens with one attached hydrogen (secondary N) is 1. The lowest BCUT2D eigenvalue weighted by molar-refractivity contribution is -0.140. The highest BCUT2D eigenvalue weighted by molar-refractivity contribution is 9.10. The van der Waals surface area contributed by atoms with Crippen LogP contribution in [0.25, 0.3) is 11.3 Å². The molecule has 0 fully saturated rings. The number of benzene rings is 1. The van der Waals surface area contributed by atoms with Crippen LogP contribution in [0.1, 0.15) is 19.6 Å². The molecule has 0 amide bonds. The molecule has 21 heavy (non-hydrogen) atoms. The van der Waals surface area contributed by atoms with Gasteiger partial charge in [-0.05, 0) is 30.2 Å². The second kappa shape index (κ2) is 6.91. The van der Waals surface area contributed by atoms with Crippen molar-refractivity contribution in [1.82, 2.24) is 5.32 Å². The molecule has 2 rings (SSSR count). The van der Waals surface area contributed by atoms with Gasteiger partial charge in [0.1, 0.15) is 17.6 Å². The van der Waals surface area contributed by atoms with Gasteiger partial charge in [-0.3, -0.25) is 10.1 Å². The zero-order chi connectivity index (χ0) is 15.4. The highest BCUT2D eigenvalue weighted by Gasteiger charge is 2.20. The first kappa shape index (κ1) is 15.8. The van der Waals surface area contributed by atoms with Gasteiger partial charge < -0.3 is 9.52 Å². The van der Waals surface area contributed by atoms with E-state index in [0.29, 0.717) is 6.54 Å². The highest BCUT2D eigenvalue weighted by atomic mass is 79.9. The third-order valence-corrected chi connectivity index (χ3v) is 3.75. The summed E-state index contributed by atoms with van der Waals surface area (Å²) in [6.07, 6.45) is 0. The lowest BCUT2D eigenvalue weighted by atomic mass is 10.1. The van der Waals surface area contributed by atoms with Gasteiger partial charge in [-0.25, -0.2) is 0 Å². The Kier molecular flexibility index (Phi) is 5.20. The van der Waals surface area contributed by atoms with E-state index in [2.05, 4.69) is 21.2 Å². The molecule has 1 unspecified atom stereocenters. The van der Waals surface area contributed by atoms with Crippen molar-refractivity contribution in [3.8, 4) is 11.3 Å². The molecule has 0 bridgehead atoms. The third kappa shape index (κ3) is 4.19. The minimum absolute atomic E-state index is 0.0170. The summed E-state index contributed by atoms with van der Waals surface area (Å²) < 4.78 is 6.76. The summed E-state index contributed by atoms with van der Waals surface area (Å²) >= 11 is 3.39. The third-order valence-electron chi connectivity index (χ3n) is 3.22. The predicted molar refractivity (Wildman–Crippen MR) is 84.9 cm³/mol. The molecule has 1 heterocycles. The molecule has 0 radical (unpaired) electrons. The first-order valence-electron chi connectivity index (χ1n) is 6.78. The summed E-state index contributed by atoms with van der Waals surface area (Å²) in [6, 6.07) is 11.0. The van der Waals surface area contributed by atoms with Crippen LogP contribution in [0.4, 0.5) is 0 Å². The van der Waals surface area contributed by atoms with Gasteiger partial charge in [0, 0.05) is 10.0 Å². The van der Waals surface area contributed by atoms with E-state index in [4.69, 9.17) is 9.52 Å². The molecule has 0 saturated heterocycles. The minimum atomic E-state index is -0.843. The maximum Gasteiger partial charge on any atom is 0.320 e. The van der Waals surface area contributed by atoms with Crippen LogP contribution in [0.3, 0.4) is 0 Å². The molecular formula is C16H18BrNO3. The van der Waals surface area contributed by atoms with E-state index in [-0.39, 0.29) is 5.92 Å². The number of hydrogen-bond donors (Lipinski definition) is 2. The van der Waals surface area contributed by atoms with Crippen LogP contribution in [0, 0.1) is 5.92 Å². The average Bonchev–Trinajstić information content (AvgIpc) is 2.87. The van der Waals surface area contributed by atoms with Gasteiger partial charge in [0.15, 0.2) is 0 Å². The van der Waals surface area contributed by atoms with E-state index in [0.717, 1.165) is 21.6 Å². The first-order valence-corrected chi connectivity index (χ1v) is 7.57.